The van der Waals surface area contributed by atoms with Gasteiger partial charge in [0.15, 0.2) is 0 Å². The lowest BCUT2D eigenvalue weighted by Crippen LogP contribution is -2.50. The number of hydrogen-bond donors (Lipinski definition) is 1. The average Bonchev–Trinajstić information content (AvgIpc) is 2.83. The second kappa shape index (κ2) is 10.8. The maximum atomic E-state index is 12.2. The number of nitrogens with zero attached hydrogens (tertiary/aromatic N) is 6. The van der Waals surface area contributed by atoms with Crippen LogP contribution in [0.5, 0.6) is 5.88 Å². The van der Waals surface area contributed by atoms with Crippen molar-refractivity contribution < 1.29 is 14.3 Å². The molecule has 0 aliphatic carbocycles. The monoisotopic (exact) mass is 559 g/mol. The molecule has 1 aliphatic heterocycles. The molecule has 12 heteroatoms. The minimum atomic E-state index is -0.486. The van der Waals surface area contributed by atoms with E-state index in [0.29, 0.717) is 47.3 Å². The molecule has 3 aromatic heterocycles. The molecule has 1 aliphatic rings. The number of rotatable bonds is 6. The van der Waals surface area contributed by atoms with Gasteiger partial charge in [0, 0.05) is 57.4 Å². The molecule has 0 atom stereocenters. The molecule has 0 radical (unpaired) electrons. The maximum Gasteiger partial charge on any atom is 0.410 e. The maximum absolute atomic E-state index is 12.2. The van der Waals surface area contributed by atoms with E-state index in [1.54, 1.807) is 36.5 Å². The fraction of sp³-hybridized carbons (Fsp3) is 0.458. The van der Waals surface area contributed by atoms with Gasteiger partial charge in [-0.1, -0.05) is 0 Å². The van der Waals surface area contributed by atoms with E-state index in [4.69, 9.17) is 9.47 Å². The number of nitrogens with one attached hydrogen (secondary N) is 1. The predicted molar refractivity (Wildman–Crippen MR) is 140 cm³/mol. The second-order valence-electron chi connectivity index (χ2n) is 9.50. The largest absolute Gasteiger partial charge is 0.476 e. The molecule has 36 heavy (non-hydrogen) atoms. The number of carbonyl (C=O) groups is 1. The Bertz CT molecular complexity index is 1280. The van der Waals surface area contributed by atoms with Gasteiger partial charge in [-0.25, -0.2) is 14.8 Å². The first kappa shape index (κ1) is 25.8. The third-order valence-electron chi connectivity index (χ3n) is 5.58. The first-order chi connectivity index (χ1) is 17.1. The van der Waals surface area contributed by atoms with Crippen LogP contribution < -0.4 is 15.6 Å². The fourth-order valence-corrected chi connectivity index (χ4v) is 4.21. The first-order valence-electron chi connectivity index (χ1n) is 11.7. The van der Waals surface area contributed by atoms with Crippen LogP contribution in [0, 0.1) is 0 Å². The number of halogens is 1. The molecule has 3 aromatic rings. The van der Waals surface area contributed by atoms with Crippen molar-refractivity contribution >= 4 is 44.7 Å². The number of amides is 1. The van der Waals surface area contributed by atoms with Crippen molar-refractivity contribution in [2.75, 3.05) is 44.6 Å². The molecule has 0 saturated carbocycles. The molecular weight excluding hydrogens is 530 g/mol. The normalized spacial score (nSPS) is 14.6. The number of aromatic nitrogens is 4. The van der Waals surface area contributed by atoms with Gasteiger partial charge in [-0.05, 0) is 48.8 Å². The lowest BCUT2D eigenvalue weighted by Gasteiger charge is -2.35. The predicted octanol–water partition coefficient (Wildman–Crippen LogP) is 3.16. The Balaban J connectivity index is 1.25. The highest BCUT2D eigenvalue weighted by Crippen LogP contribution is 2.19. The van der Waals surface area contributed by atoms with E-state index in [1.165, 1.54) is 4.57 Å². The zero-order chi connectivity index (χ0) is 25.9. The smallest absolute Gasteiger partial charge is 0.410 e. The van der Waals surface area contributed by atoms with Crippen molar-refractivity contribution in [3.63, 3.8) is 0 Å². The Kier molecular flexibility index (Phi) is 7.74. The van der Waals surface area contributed by atoms with Crippen molar-refractivity contribution in [3.05, 3.63) is 45.4 Å². The molecule has 4 heterocycles. The van der Waals surface area contributed by atoms with Crippen LogP contribution in [0.2, 0.25) is 0 Å². The lowest BCUT2D eigenvalue weighted by molar-refractivity contribution is 0.0136. The summed E-state index contributed by atoms with van der Waals surface area (Å²) in [6, 6.07) is 5.31. The van der Waals surface area contributed by atoms with Gasteiger partial charge in [0.1, 0.15) is 17.9 Å². The van der Waals surface area contributed by atoms with Gasteiger partial charge in [0.05, 0.1) is 16.4 Å². The molecule has 0 spiro atoms. The molecule has 1 fully saturated rings. The van der Waals surface area contributed by atoms with Crippen LogP contribution in [-0.2, 0) is 11.8 Å². The van der Waals surface area contributed by atoms with Crippen LogP contribution in [0.3, 0.4) is 0 Å². The Morgan fingerprint density at radius 3 is 2.56 bits per heavy atom. The summed E-state index contributed by atoms with van der Waals surface area (Å²) in [5.74, 6) is 0.875. The Morgan fingerprint density at radius 1 is 1.14 bits per heavy atom. The van der Waals surface area contributed by atoms with Gasteiger partial charge in [-0.15, -0.1) is 0 Å². The number of piperazine rings is 1. The summed E-state index contributed by atoms with van der Waals surface area (Å²) < 4.78 is 13.2. The standard InChI is InChI=1S/C24H30BrN7O4/c1-24(2,3)36-23(34)32-9-7-31(8-10-32)11-12-35-19-6-5-17(15-26-19)28-22-27-14-16-13-18(25)21(33)30(4)20(16)29-22/h5-6,13-15H,7-12H2,1-4H3,(H,27,28,29). The highest BCUT2D eigenvalue weighted by molar-refractivity contribution is 9.10. The van der Waals surface area contributed by atoms with E-state index in [0.717, 1.165) is 25.0 Å². The molecule has 192 valence electrons. The molecule has 11 nitrogen and oxygen atoms in total. The van der Waals surface area contributed by atoms with Crippen molar-refractivity contribution in [2.45, 2.75) is 26.4 Å². The Hall–Kier alpha value is -3.25. The topological polar surface area (TPSA) is 115 Å². The summed E-state index contributed by atoms with van der Waals surface area (Å²) in [7, 11) is 1.67. The number of carbonyl (C=O) groups excluding carboxylic acids is 1. The molecule has 0 unspecified atom stereocenters. The number of ether oxygens (including phenoxy) is 2. The van der Waals surface area contributed by atoms with Crippen molar-refractivity contribution in [2.24, 2.45) is 7.05 Å². The molecule has 0 bridgehead atoms. The minimum absolute atomic E-state index is 0.166. The van der Waals surface area contributed by atoms with E-state index < -0.39 is 5.60 Å². The number of anilines is 2. The van der Waals surface area contributed by atoms with Crippen LogP contribution >= 0.6 is 15.9 Å². The zero-order valence-corrected chi connectivity index (χ0v) is 22.4. The van der Waals surface area contributed by atoms with Crippen molar-refractivity contribution in [3.8, 4) is 5.88 Å². The van der Waals surface area contributed by atoms with Gasteiger partial charge in [-0.2, -0.15) is 4.98 Å². The van der Waals surface area contributed by atoms with E-state index in [9.17, 15) is 9.59 Å². The van der Waals surface area contributed by atoms with E-state index in [-0.39, 0.29) is 11.7 Å². The molecular formula is C24H30BrN7O4. The van der Waals surface area contributed by atoms with Crippen LogP contribution in [0.1, 0.15) is 20.8 Å². The quantitative estimate of drug-likeness (QED) is 0.486. The molecule has 4 rings (SSSR count). The van der Waals surface area contributed by atoms with Crippen LogP contribution in [-0.4, -0.2) is 80.3 Å². The molecule has 0 aromatic carbocycles. The summed E-state index contributed by atoms with van der Waals surface area (Å²) in [4.78, 5) is 41.4. The zero-order valence-electron chi connectivity index (χ0n) is 20.8. The van der Waals surface area contributed by atoms with Gasteiger partial charge >= 0.3 is 6.09 Å². The average molecular weight is 560 g/mol. The summed E-state index contributed by atoms with van der Waals surface area (Å²) >= 11 is 3.26. The van der Waals surface area contributed by atoms with E-state index >= 15 is 0 Å². The first-order valence-corrected chi connectivity index (χ1v) is 12.5. The highest BCUT2D eigenvalue weighted by Gasteiger charge is 2.25. The third-order valence-corrected chi connectivity index (χ3v) is 6.15. The van der Waals surface area contributed by atoms with Gasteiger partial charge in [0.2, 0.25) is 11.8 Å². The SMILES string of the molecule is Cn1c(=O)c(Br)cc2cnc(Nc3ccc(OCCN4CCN(C(=O)OC(C)(C)C)CC4)nc3)nc21. The van der Waals surface area contributed by atoms with Gasteiger partial charge in [-0.3, -0.25) is 14.3 Å². The number of hydrogen-bond acceptors (Lipinski definition) is 9. The highest BCUT2D eigenvalue weighted by atomic mass is 79.9. The Labute approximate surface area is 217 Å². The van der Waals surface area contributed by atoms with Crippen LogP contribution in [0.4, 0.5) is 16.4 Å². The second-order valence-corrected chi connectivity index (χ2v) is 10.4. The number of aryl methyl sites for hydroxylation is 1. The van der Waals surface area contributed by atoms with Crippen LogP contribution in [0.25, 0.3) is 11.0 Å². The van der Waals surface area contributed by atoms with Gasteiger partial charge < -0.3 is 19.7 Å². The van der Waals surface area contributed by atoms with Crippen molar-refractivity contribution in [1.82, 2.24) is 29.3 Å². The van der Waals surface area contributed by atoms with Crippen molar-refractivity contribution in [1.29, 1.82) is 0 Å². The lowest BCUT2D eigenvalue weighted by atomic mass is 10.2. The third kappa shape index (κ3) is 6.49. The fourth-order valence-electron chi connectivity index (χ4n) is 3.70. The van der Waals surface area contributed by atoms with E-state index in [1.807, 2.05) is 26.8 Å². The van der Waals surface area contributed by atoms with Crippen LogP contribution in [0.15, 0.2) is 39.9 Å². The van der Waals surface area contributed by atoms with E-state index in [2.05, 4.69) is 41.1 Å². The number of pyridine rings is 2. The van der Waals surface area contributed by atoms with Gasteiger partial charge in [0.25, 0.3) is 5.56 Å². The molecule has 1 amide bonds. The molecule has 1 saturated heterocycles. The Morgan fingerprint density at radius 2 is 1.89 bits per heavy atom. The number of fused-ring (bicyclic) bond motifs is 1. The minimum Gasteiger partial charge on any atom is -0.476 e. The molecule has 1 N–H and O–H groups in total. The summed E-state index contributed by atoms with van der Waals surface area (Å²) in [6.07, 6.45) is 3.04. The summed E-state index contributed by atoms with van der Waals surface area (Å²) in [5, 5.41) is 3.85. The summed E-state index contributed by atoms with van der Waals surface area (Å²) in [6.45, 7) is 9.65. The summed E-state index contributed by atoms with van der Waals surface area (Å²) in [5.41, 5.74) is 0.572.